The molecule has 128 valence electrons. The van der Waals surface area contributed by atoms with Crippen LogP contribution in [0.5, 0.6) is 5.75 Å². The van der Waals surface area contributed by atoms with Crippen LogP contribution in [0, 0.1) is 0 Å². The lowest BCUT2D eigenvalue weighted by Gasteiger charge is -2.26. The molecule has 1 heterocycles. The molecule has 0 spiro atoms. The van der Waals surface area contributed by atoms with E-state index in [4.69, 9.17) is 4.74 Å². The van der Waals surface area contributed by atoms with Crippen molar-refractivity contribution in [1.82, 2.24) is 10.2 Å². The van der Waals surface area contributed by atoms with Crippen LogP contribution in [0.2, 0.25) is 0 Å². The van der Waals surface area contributed by atoms with Crippen LogP contribution in [0.15, 0.2) is 28.7 Å². The van der Waals surface area contributed by atoms with Crippen molar-refractivity contribution in [2.24, 2.45) is 0 Å². The van der Waals surface area contributed by atoms with Gasteiger partial charge in [0.1, 0.15) is 5.75 Å². The van der Waals surface area contributed by atoms with Gasteiger partial charge in [-0.25, -0.2) is 0 Å². The molecule has 0 unspecified atom stereocenters. The number of amides is 1. The second-order valence-corrected chi connectivity index (χ2v) is 6.97. The van der Waals surface area contributed by atoms with Gasteiger partial charge in [0.05, 0.1) is 0 Å². The average molecular weight is 383 g/mol. The molecule has 1 saturated heterocycles. The van der Waals surface area contributed by atoms with Gasteiger partial charge in [0.2, 0.25) is 0 Å². The summed E-state index contributed by atoms with van der Waals surface area (Å²) in [5, 5.41) is 2.92. The number of benzene rings is 1. The van der Waals surface area contributed by atoms with Gasteiger partial charge >= 0.3 is 0 Å². The molecule has 0 saturated carbocycles. The number of carbonyl (C=O) groups excluding carboxylic acids is 1. The third kappa shape index (κ3) is 7.84. The number of unbranched alkanes of at least 4 members (excludes halogenated alkanes) is 2. The predicted octanol–water partition coefficient (Wildman–Crippen LogP) is 3.60. The Hall–Kier alpha value is -1.07. The standard InChI is InChI=1S/C18H27BrN2O2/c19-16-7-9-17(10-8-16)23-15-18(22)20-11-3-1-4-12-21-13-5-2-6-14-21/h7-10H,1-6,11-15H2,(H,20,22). The first-order valence-electron chi connectivity index (χ1n) is 8.61. The number of likely N-dealkylation sites (tertiary alicyclic amines) is 1. The van der Waals surface area contributed by atoms with Crippen LogP contribution >= 0.6 is 15.9 Å². The molecule has 0 atom stereocenters. The Bertz CT molecular complexity index is 459. The summed E-state index contributed by atoms with van der Waals surface area (Å²) in [6, 6.07) is 7.49. The van der Waals surface area contributed by atoms with E-state index in [1.54, 1.807) is 0 Å². The van der Waals surface area contributed by atoms with Gasteiger partial charge in [0, 0.05) is 11.0 Å². The Kier molecular flexibility index (Phi) is 8.47. The minimum absolute atomic E-state index is 0.0519. The molecule has 1 fully saturated rings. The minimum atomic E-state index is -0.0519. The highest BCUT2D eigenvalue weighted by atomic mass is 79.9. The maximum absolute atomic E-state index is 11.7. The first-order chi connectivity index (χ1) is 11.2. The monoisotopic (exact) mass is 382 g/mol. The number of carbonyl (C=O) groups is 1. The molecule has 1 aromatic carbocycles. The van der Waals surface area contributed by atoms with E-state index in [9.17, 15) is 4.79 Å². The maximum atomic E-state index is 11.7. The van der Waals surface area contributed by atoms with Crippen molar-refractivity contribution in [3.05, 3.63) is 28.7 Å². The first kappa shape index (κ1) is 18.3. The van der Waals surface area contributed by atoms with Gasteiger partial charge < -0.3 is 15.0 Å². The zero-order chi connectivity index (χ0) is 16.3. The highest BCUT2D eigenvalue weighted by Gasteiger charge is 2.08. The molecule has 1 N–H and O–H groups in total. The summed E-state index contributed by atoms with van der Waals surface area (Å²) < 4.78 is 6.44. The molecule has 1 amide bonds. The summed E-state index contributed by atoms with van der Waals surface area (Å²) in [6.45, 7) is 4.56. The van der Waals surface area contributed by atoms with E-state index in [2.05, 4.69) is 26.1 Å². The largest absolute Gasteiger partial charge is 0.484 e. The molecule has 1 aliphatic rings. The lowest BCUT2D eigenvalue weighted by Crippen LogP contribution is -2.31. The van der Waals surface area contributed by atoms with Crippen molar-refractivity contribution in [3.63, 3.8) is 0 Å². The normalized spacial score (nSPS) is 15.3. The quantitative estimate of drug-likeness (QED) is 0.663. The van der Waals surface area contributed by atoms with E-state index in [-0.39, 0.29) is 12.5 Å². The maximum Gasteiger partial charge on any atom is 0.257 e. The molecule has 2 rings (SSSR count). The lowest BCUT2D eigenvalue weighted by atomic mass is 10.1. The molecule has 1 aliphatic heterocycles. The van der Waals surface area contributed by atoms with Crippen LogP contribution in [-0.2, 0) is 4.79 Å². The molecule has 0 aliphatic carbocycles. The van der Waals surface area contributed by atoms with Crippen LogP contribution in [0.1, 0.15) is 38.5 Å². The van der Waals surface area contributed by atoms with E-state index >= 15 is 0 Å². The van der Waals surface area contributed by atoms with Crippen LogP contribution in [-0.4, -0.2) is 43.6 Å². The van der Waals surface area contributed by atoms with Gasteiger partial charge in [-0.3, -0.25) is 4.79 Å². The van der Waals surface area contributed by atoms with E-state index in [1.165, 1.54) is 51.7 Å². The Morgan fingerprint density at radius 1 is 1.09 bits per heavy atom. The summed E-state index contributed by atoms with van der Waals surface area (Å²) >= 11 is 3.37. The van der Waals surface area contributed by atoms with E-state index in [0.717, 1.165) is 17.4 Å². The molecule has 23 heavy (non-hydrogen) atoms. The number of hydrogen-bond donors (Lipinski definition) is 1. The summed E-state index contributed by atoms with van der Waals surface area (Å²) in [7, 11) is 0. The second-order valence-electron chi connectivity index (χ2n) is 6.06. The highest BCUT2D eigenvalue weighted by Crippen LogP contribution is 2.15. The van der Waals surface area contributed by atoms with Gasteiger partial charge in [-0.2, -0.15) is 0 Å². The van der Waals surface area contributed by atoms with E-state index in [0.29, 0.717) is 5.75 Å². The summed E-state index contributed by atoms with van der Waals surface area (Å²) in [4.78, 5) is 14.3. The fraction of sp³-hybridized carbons (Fsp3) is 0.611. The number of hydrogen-bond acceptors (Lipinski definition) is 3. The summed E-state index contributed by atoms with van der Waals surface area (Å²) in [6.07, 6.45) is 7.54. The van der Waals surface area contributed by atoms with Crippen LogP contribution < -0.4 is 10.1 Å². The number of nitrogens with zero attached hydrogens (tertiary/aromatic N) is 1. The predicted molar refractivity (Wildman–Crippen MR) is 96.8 cm³/mol. The van der Waals surface area contributed by atoms with E-state index < -0.39 is 0 Å². The van der Waals surface area contributed by atoms with E-state index in [1.807, 2.05) is 24.3 Å². The molecule has 0 aromatic heterocycles. The summed E-state index contributed by atoms with van der Waals surface area (Å²) in [5.41, 5.74) is 0. The first-order valence-corrected chi connectivity index (χ1v) is 9.41. The molecule has 0 radical (unpaired) electrons. The smallest absolute Gasteiger partial charge is 0.257 e. The van der Waals surface area contributed by atoms with Crippen molar-refractivity contribution in [2.45, 2.75) is 38.5 Å². The zero-order valence-electron chi connectivity index (χ0n) is 13.7. The highest BCUT2D eigenvalue weighted by molar-refractivity contribution is 9.10. The Morgan fingerprint density at radius 3 is 2.57 bits per heavy atom. The molecular formula is C18H27BrN2O2. The number of halogens is 1. The number of ether oxygens (including phenoxy) is 1. The fourth-order valence-corrected chi connectivity index (χ4v) is 3.04. The second kappa shape index (κ2) is 10.7. The number of piperidine rings is 1. The third-order valence-corrected chi connectivity index (χ3v) is 4.63. The van der Waals surface area contributed by atoms with Crippen molar-refractivity contribution >= 4 is 21.8 Å². The van der Waals surface area contributed by atoms with Gasteiger partial charge in [-0.15, -0.1) is 0 Å². The van der Waals surface area contributed by atoms with Crippen molar-refractivity contribution in [1.29, 1.82) is 0 Å². The Morgan fingerprint density at radius 2 is 1.83 bits per heavy atom. The fourth-order valence-electron chi connectivity index (χ4n) is 2.78. The molecule has 5 heteroatoms. The Balaban J connectivity index is 1.45. The molecule has 1 aromatic rings. The van der Waals surface area contributed by atoms with Gasteiger partial charge in [-0.1, -0.05) is 28.8 Å². The van der Waals surface area contributed by atoms with Gasteiger partial charge in [0.25, 0.3) is 5.91 Å². The SMILES string of the molecule is O=C(COc1ccc(Br)cc1)NCCCCCN1CCCCC1. The average Bonchev–Trinajstić information content (AvgIpc) is 2.58. The number of nitrogens with one attached hydrogen (secondary N) is 1. The Labute approximate surface area is 147 Å². The molecule has 4 nitrogen and oxygen atoms in total. The van der Waals surface area contributed by atoms with Gasteiger partial charge in [0.15, 0.2) is 6.61 Å². The lowest BCUT2D eigenvalue weighted by molar-refractivity contribution is -0.123. The van der Waals surface area contributed by atoms with Crippen LogP contribution in [0.3, 0.4) is 0 Å². The minimum Gasteiger partial charge on any atom is -0.484 e. The van der Waals surface area contributed by atoms with Gasteiger partial charge in [-0.05, 0) is 69.6 Å². The van der Waals surface area contributed by atoms with Crippen molar-refractivity contribution in [2.75, 3.05) is 32.8 Å². The van der Waals surface area contributed by atoms with Crippen LogP contribution in [0.25, 0.3) is 0 Å². The van der Waals surface area contributed by atoms with Crippen molar-refractivity contribution in [3.8, 4) is 5.75 Å². The molecule has 0 bridgehead atoms. The zero-order valence-corrected chi connectivity index (χ0v) is 15.3. The molecular weight excluding hydrogens is 356 g/mol. The third-order valence-electron chi connectivity index (χ3n) is 4.11. The topological polar surface area (TPSA) is 41.6 Å². The van der Waals surface area contributed by atoms with Crippen LogP contribution in [0.4, 0.5) is 0 Å². The number of rotatable bonds is 9. The van der Waals surface area contributed by atoms with Crippen molar-refractivity contribution < 1.29 is 9.53 Å². The summed E-state index contributed by atoms with van der Waals surface area (Å²) in [5.74, 6) is 0.661.